The Balaban J connectivity index is 1.67. The summed E-state index contributed by atoms with van der Waals surface area (Å²) in [5.74, 6) is -0.309. The Bertz CT molecular complexity index is 521. The number of carbonyl (C=O) groups excluding carboxylic acids is 2. The molecule has 5 nitrogen and oxygen atoms in total. The molecule has 3 rings (SSSR count). The Hall–Kier alpha value is -1.31. The van der Waals surface area contributed by atoms with Crippen LogP contribution in [0.2, 0.25) is 0 Å². The Labute approximate surface area is 130 Å². The number of rotatable bonds is 2. The van der Waals surface area contributed by atoms with E-state index in [1.807, 2.05) is 18.2 Å². The molecule has 0 aromatic heterocycles. The molecule has 20 heavy (non-hydrogen) atoms. The van der Waals surface area contributed by atoms with Crippen molar-refractivity contribution in [2.45, 2.75) is 22.5 Å². The van der Waals surface area contributed by atoms with Gasteiger partial charge in [0, 0.05) is 13.0 Å². The number of nitrogens with zero attached hydrogens (tertiary/aromatic N) is 1. The molecule has 1 aromatic rings. The fourth-order valence-corrected chi connectivity index (χ4v) is 3.67. The van der Waals surface area contributed by atoms with Gasteiger partial charge in [-0.1, -0.05) is 40.8 Å². The van der Waals surface area contributed by atoms with E-state index >= 15 is 0 Å². The monoisotopic (exact) mass is 387 g/mol. The summed E-state index contributed by atoms with van der Waals surface area (Å²) < 4.78 is 10.7. The highest BCUT2D eigenvalue weighted by Crippen LogP contribution is 2.31. The highest BCUT2D eigenvalue weighted by Gasteiger charge is 2.45. The van der Waals surface area contributed by atoms with E-state index in [9.17, 15) is 9.59 Å². The average molecular weight is 387 g/mol. The van der Waals surface area contributed by atoms with Crippen LogP contribution in [0.5, 0.6) is 0 Å². The molecule has 2 aliphatic heterocycles. The summed E-state index contributed by atoms with van der Waals surface area (Å²) in [7, 11) is 0. The van der Waals surface area contributed by atoms with Gasteiger partial charge in [0.1, 0.15) is 12.7 Å². The van der Waals surface area contributed by atoms with Crippen molar-refractivity contribution in [3.63, 3.8) is 0 Å². The number of cyclic esters (lactones) is 1. The molecular weight excluding hydrogens is 373 g/mol. The van der Waals surface area contributed by atoms with E-state index in [1.54, 1.807) is 17.0 Å². The molecule has 0 bridgehead atoms. The third kappa shape index (κ3) is 2.48. The fraction of sp³-hybridized carbons (Fsp3) is 0.429. The van der Waals surface area contributed by atoms with Crippen LogP contribution in [0.3, 0.4) is 0 Å². The number of hydrogen-bond donors (Lipinski definition) is 0. The average Bonchev–Trinajstić information content (AvgIpc) is 2.85. The largest absolute Gasteiger partial charge is 0.458 e. The Morgan fingerprint density at radius 2 is 2.10 bits per heavy atom. The number of amides is 1. The highest BCUT2D eigenvalue weighted by atomic mass is 127. The van der Waals surface area contributed by atoms with E-state index in [1.165, 1.54) is 0 Å². The van der Waals surface area contributed by atoms with E-state index in [0.717, 1.165) is 0 Å². The van der Waals surface area contributed by atoms with Gasteiger partial charge in [-0.05, 0) is 12.1 Å². The maximum atomic E-state index is 12.1. The lowest BCUT2D eigenvalue weighted by Crippen LogP contribution is -2.52. The SMILES string of the molecule is O=C(O[C@H]1CCN2C(=O)OC[C@@H]2[C@@H]1I)c1ccccc1. The third-order valence-corrected chi connectivity index (χ3v) is 5.29. The number of esters is 1. The van der Waals surface area contributed by atoms with Crippen molar-refractivity contribution in [2.24, 2.45) is 0 Å². The molecule has 3 atom stereocenters. The number of ether oxygens (including phenoxy) is 2. The molecule has 0 saturated carbocycles. The topological polar surface area (TPSA) is 55.8 Å². The molecular formula is C14H14INO4. The van der Waals surface area contributed by atoms with E-state index in [-0.39, 0.29) is 28.1 Å². The van der Waals surface area contributed by atoms with Crippen molar-refractivity contribution in [3.8, 4) is 0 Å². The zero-order chi connectivity index (χ0) is 14.1. The van der Waals surface area contributed by atoms with Gasteiger partial charge < -0.3 is 14.4 Å². The van der Waals surface area contributed by atoms with Gasteiger partial charge in [-0.25, -0.2) is 9.59 Å². The number of halogens is 1. The Kier molecular flexibility index (Phi) is 3.82. The van der Waals surface area contributed by atoms with Gasteiger partial charge in [-0.3, -0.25) is 0 Å². The smallest absolute Gasteiger partial charge is 0.410 e. The van der Waals surface area contributed by atoms with Gasteiger partial charge in [0.05, 0.1) is 15.5 Å². The second-order valence-electron chi connectivity index (χ2n) is 4.88. The second kappa shape index (κ2) is 5.59. The number of hydrogen-bond acceptors (Lipinski definition) is 4. The first-order chi connectivity index (χ1) is 9.66. The van der Waals surface area contributed by atoms with Gasteiger partial charge in [0.25, 0.3) is 0 Å². The zero-order valence-electron chi connectivity index (χ0n) is 10.7. The van der Waals surface area contributed by atoms with Crippen molar-refractivity contribution in [3.05, 3.63) is 35.9 Å². The van der Waals surface area contributed by atoms with Gasteiger partial charge >= 0.3 is 12.1 Å². The van der Waals surface area contributed by atoms with Crippen molar-refractivity contribution in [1.82, 2.24) is 4.90 Å². The molecule has 2 heterocycles. The minimum Gasteiger partial charge on any atom is -0.458 e. The Morgan fingerprint density at radius 1 is 1.35 bits per heavy atom. The van der Waals surface area contributed by atoms with Crippen LogP contribution >= 0.6 is 22.6 Å². The predicted octanol–water partition coefficient (Wildman–Crippen LogP) is 2.24. The molecule has 2 aliphatic rings. The van der Waals surface area contributed by atoms with Crippen LogP contribution in [0.25, 0.3) is 0 Å². The molecule has 2 saturated heterocycles. The summed E-state index contributed by atoms with van der Waals surface area (Å²) in [6.45, 7) is 0.960. The third-order valence-electron chi connectivity index (χ3n) is 3.66. The van der Waals surface area contributed by atoms with Crippen LogP contribution in [0, 0.1) is 0 Å². The van der Waals surface area contributed by atoms with Crippen LogP contribution in [-0.2, 0) is 9.47 Å². The molecule has 1 aromatic carbocycles. The second-order valence-corrected chi connectivity index (χ2v) is 6.32. The lowest BCUT2D eigenvalue weighted by molar-refractivity contribution is 0.0143. The fourth-order valence-electron chi connectivity index (χ4n) is 2.56. The van der Waals surface area contributed by atoms with Gasteiger partial charge in [-0.2, -0.15) is 0 Å². The van der Waals surface area contributed by atoms with E-state index in [2.05, 4.69) is 22.6 Å². The number of fused-ring (bicyclic) bond motifs is 1. The molecule has 0 radical (unpaired) electrons. The summed E-state index contributed by atoms with van der Waals surface area (Å²) in [5.41, 5.74) is 0.553. The van der Waals surface area contributed by atoms with Crippen LogP contribution in [0.1, 0.15) is 16.8 Å². The molecule has 106 valence electrons. The van der Waals surface area contributed by atoms with Gasteiger partial charge in [0.15, 0.2) is 0 Å². The first-order valence-electron chi connectivity index (χ1n) is 6.50. The standard InChI is InChI=1S/C14H14INO4/c15-12-10-8-19-14(18)16(10)7-6-11(12)20-13(17)9-4-2-1-3-5-9/h1-5,10-12H,6-8H2/t10-,11+,12+/m1/s1. The van der Waals surface area contributed by atoms with Crippen molar-refractivity contribution < 1.29 is 19.1 Å². The first kappa shape index (κ1) is 13.7. The molecule has 2 fully saturated rings. The number of carbonyl (C=O) groups is 2. The van der Waals surface area contributed by atoms with Crippen LogP contribution < -0.4 is 0 Å². The van der Waals surface area contributed by atoms with Crippen LogP contribution in [-0.4, -0.2) is 46.2 Å². The lowest BCUT2D eigenvalue weighted by Gasteiger charge is -2.36. The normalized spacial score (nSPS) is 28.8. The maximum Gasteiger partial charge on any atom is 0.410 e. The predicted molar refractivity (Wildman–Crippen MR) is 79.9 cm³/mol. The van der Waals surface area contributed by atoms with Crippen molar-refractivity contribution in [2.75, 3.05) is 13.2 Å². The molecule has 6 heteroatoms. The van der Waals surface area contributed by atoms with Gasteiger partial charge in [-0.15, -0.1) is 0 Å². The van der Waals surface area contributed by atoms with E-state index < -0.39 is 0 Å². The number of benzene rings is 1. The summed E-state index contributed by atoms with van der Waals surface area (Å²) in [4.78, 5) is 25.3. The maximum absolute atomic E-state index is 12.1. The summed E-state index contributed by atoms with van der Waals surface area (Å²) >= 11 is 2.25. The zero-order valence-corrected chi connectivity index (χ0v) is 12.9. The molecule has 0 spiro atoms. The molecule has 1 amide bonds. The quantitative estimate of drug-likeness (QED) is 0.444. The van der Waals surface area contributed by atoms with E-state index in [0.29, 0.717) is 25.1 Å². The Morgan fingerprint density at radius 3 is 2.85 bits per heavy atom. The minimum atomic E-state index is -0.309. The number of alkyl halides is 1. The molecule has 0 aliphatic carbocycles. The van der Waals surface area contributed by atoms with Crippen molar-refractivity contribution >= 4 is 34.7 Å². The number of piperidine rings is 1. The first-order valence-corrected chi connectivity index (χ1v) is 7.75. The lowest BCUT2D eigenvalue weighted by atomic mass is 10.0. The van der Waals surface area contributed by atoms with Crippen LogP contribution in [0.15, 0.2) is 30.3 Å². The van der Waals surface area contributed by atoms with Gasteiger partial charge in [0.2, 0.25) is 0 Å². The van der Waals surface area contributed by atoms with Crippen molar-refractivity contribution in [1.29, 1.82) is 0 Å². The van der Waals surface area contributed by atoms with E-state index in [4.69, 9.17) is 9.47 Å². The van der Waals surface area contributed by atoms with Crippen LogP contribution in [0.4, 0.5) is 4.79 Å². The molecule has 0 N–H and O–H groups in total. The summed E-state index contributed by atoms with van der Waals surface area (Å²) in [6.07, 6.45) is 0.209. The minimum absolute atomic E-state index is 0.00502. The summed E-state index contributed by atoms with van der Waals surface area (Å²) in [5, 5.41) is 0. The summed E-state index contributed by atoms with van der Waals surface area (Å²) in [6, 6.07) is 8.96. The highest BCUT2D eigenvalue weighted by molar-refractivity contribution is 14.1. The molecule has 0 unspecified atom stereocenters.